The number of imidazole rings is 1. The zero-order valence-corrected chi connectivity index (χ0v) is 18.3. The predicted octanol–water partition coefficient (Wildman–Crippen LogP) is 3.40. The first-order chi connectivity index (χ1) is 14.5. The Morgan fingerprint density at radius 1 is 1.20 bits per heavy atom. The van der Waals surface area contributed by atoms with Gasteiger partial charge in [0, 0.05) is 32.8 Å². The third-order valence-corrected chi connectivity index (χ3v) is 7.55. The fraction of sp³-hybridized carbons (Fsp3) is 0.455. The van der Waals surface area contributed by atoms with Crippen LogP contribution in [0.15, 0.2) is 47.5 Å². The maximum atomic E-state index is 13.1. The van der Waals surface area contributed by atoms with Crippen molar-refractivity contribution in [2.75, 3.05) is 19.7 Å². The van der Waals surface area contributed by atoms with Crippen molar-refractivity contribution in [3.8, 4) is 5.75 Å². The van der Waals surface area contributed by atoms with Crippen LogP contribution < -0.4 is 4.74 Å². The van der Waals surface area contributed by atoms with Gasteiger partial charge in [0.2, 0.25) is 10.0 Å². The Morgan fingerprint density at radius 2 is 2.00 bits per heavy atom. The summed E-state index contributed by atoms with van der Waals surface area (Å²) in [4.78, 5) is 9.38. The summed E-state index contributed by atoms with van der Waals surface area (Å²) < 4.78 is 35.4. The van der Waals surface area contributed by atoms with E-state index in [0.717, 1.165) is 42.7 Å². The standard InChI is InChI=1S/C22H28N4O3S/c1-3-4-14-29-18-7-9-19(10-8-18)30(27,28)26-13-11-17(16-26)15-21-24-20-6-5-12-23-22(20)25(21)2/h5-10,12,17H,3-4,11,13-16H2,1-2H3/t17-/m0/s1. The molecule has 1 fully saturated rings. The molecule has 0 N–H and O–H groups in total. The number of aryl methyl sites for hydroxylation is 1. The molecule has 160 valence electrons. The molecule has 3 aromatic rings. The molecular weight excluding hydrogens is 400 g/mol. The molecule has 0 radical (unpaired) electrons. The smallest absolute Gasteiger partial charge is 0.243 e. The Hall–Kier alpha value is -2.45. The highest BCUT2D eigenvalue weighted by Gasteiger charge is 2.33. The van der Waals surface area contributed by atoms with Gasteiger partial charge in [-0.1, -0.05) is 13.3 Å². The molecular formula is C22H28N4O3S. The van der Waals surface area contributed by atoms with Crippen LogP contribution in [0.3, 0.4) is 0 Å². The molecule has 0 aliphatic carbocycles. The number of benzene rings is 1. The molecule has 30 heavy (non-hydrogen) atoms. The average Bonchev–Trinajstić information content (AvgIpc) is 3.35. The molecule has 0 unspecified atom stereocenters. The number of rotatable bonds is 8. The minimum absolute atomic E-state index is 0.243. The van der Waals surface area contributed by atoms with E-state index in [4.69, 9.17) is 4.74 Å². The number of unbranched alkanes of at least 4 members (excludes halogenated alkanes) is 1. The van der Waals surface area contributed by atoms with E-state index in [0.29, 0.717) is 30.3 Å². The number of fused-ring (bicyclic) bond motifs is 1. The van der Waals surface area contributed by atoms with E-state index < -0.39 is 10.0 Å². The topological polar surface area (TPSA) is 77.3 Å². The number of sulfonamides is 1. The Morgan fingerprint density at radius 3 is 2.73 bits per heavy atom. The van der Waals surface area contributed by atoms with Crippen molar-refractivity contribution in [1.29, 1.82) is 0 Å². The van der Waals surface area contributed by atoms with Crippen molar-refractivity contribution < 1.29 is 13.2 Å². The number of hydrogen-bond donors (Lipinski definition) is 0. The number of nitrogens with zero attached hydrogens (tertiary/aromatic N) is 4. The van der Waals surface area contributed by atoms with Gasteiger partial charge in [0.25, 0.3) is 0 Å². The third-order valence-electron chi connectivity index (χ3n) is 5.67. The van der Waals surface area contributed by atoms with Gasteiger partial charge in [-0.05, 0) is 55.2 Å². The molecule has 0 bridgehead atoms. The lowest BCUT2D eigenvalue weighted by atomic mass is 10.1. The fourth-order valence-electron chi connectivity index (χ4n) is 3.88. The maximum absolute atomic E-state index is 13.1. The van der Waals surface area contributed by atoms with Crippen molar-refractivity contribution in [3.05, 3.63) is 48.4 Å². The zero-order valence-electron chi connectivity index (χ0n) is 17.5. The second-order valence-electron chi connectivity index (χ2n) is 7.83. The number of pyridine rings is 1. The van der Waals surface area contributed by atoms with Crippen LogP contribution in [0.1, 0.15) is 32.0 Å². The van der Waals surface area contributed by atoms with Gasteiger partial charge in [-0.25, -0.2) is 18.4 Å². The second kappa shape index (κ2) is 8.73. The van der Waals surface area contributed by atoms with E-state index in [-0.39, 0.29) is 5.92 Å². The molecule has 1 aliphatic rings. The van der Waals surface area contributed by atoms with Crippen molar-refractivity contribution in [3.63, 3.8) is 0 Å². The summed E-state index contributed by atoms with van der Waals surface area (Å²) in [6.07, 6.45) is 5.37. The highest BCUT2D eigenvalue weighted by molar-refractivity contribution is 7.89. The first-order valence-corrected chi connectivity index (χ1v) is 11.9. The van der Waals surface area contributed by atoms with Crippen LogP contribution in [-0.2, 0) is 23.5 Å². The van der Waals surface area contributed by atoms with Gasteiger partial charge in [0.15, 0.2) is 5.65 Å². The molecule has 8 heteroatoms. The first kappa shape index (κ1) is 20.8. The normalized spacial score (nSPS) is 17.6. The van der Waals surface area contributed by atoms with Gasteiger partial charge in [0.05, 0.1) is 11.5 Å². The largest absolute Gasteiger partial charge is 0.494 e. The summed E-state index contributed by atoms with van der Waals surface area (Å²) in [5.41, 5.74) is 1.73. The molecule has 0 saturated carbocycles. The lowest BCUT2D eigenvalue weighted by Crippen LogP contribution is -2.29. The van der Waals surface area contributed by atoms with Crippen molar-refractivity contribution in [2.45, 2.75) is 37.5 Å². The first-order valence-electron chi connectivity index (χ1n) is 10.5. The quantitative estimate of drug-likeness (QED) is 0.514. The summed E-state index contributed by atoms with van der Waals surface area (Å²) in [6.45, 7) is 3.79. The molecule has 2 aromatic heterocycles. The zero-order chi connectivity index (χ0) is 21.1. The van der Waals surface area contributed by atoms with Crippen LogP contribution in [0.2, 0.25) is 0 Å². The van der Waals surface area contributed by atoms with E-state index in [2.05, 4.69) is 16.9 Å². The SMILES string of the molecule is CCCCOc1ccc(S(=O)(=O)N2CC[C@@H](Cc3nc4cccnc4n3C)C2)cc1. The molecule has 0 spiro atoms. The Kier molecular flexibility index (Phi) is 6.06. The Balaban J connectivity index is 1.42. The highest BCUT2D eigenvalue weighted by atomic mass is 32.2. The number of ether oxygens (including phenoxy) is 1. The van der Waals surface area contributed by atoms with Gasteiger partial charge in [-0.15, -0.1) is 0 Å². The summed E-state index contributed by atoms with van der Waals surface area (Å²) in [6, 6.07) is 10.6. The monoisotopic (exact) mass is 428 g/mol. The summed E-state index contributed by atoms with van der Waals surface area (Å²) in [5.74, 6) is 1.89. The van der Waals surface area contributed by atoms with E-state index in [1.807, 2.05) is 23.7 Å². The Bertz CT molecular complexity index is 1110. The van der Waals surface area contributed by atoms with Crippen LogP contribution in [0, 0.1) is 5.92 Å². The second-order valence-corrected chi connectivity index (χ2v) is 9.77. The van der Waals surface area contributed by atoms with Crippen LogP contribution in [0.25, 0.3) is 11.2 Å². The maximum Gasteiger partial charge on any atom is 0.243 e. The van der Waals surface area contributed by atoms with Gasteiger partial charge in [-0.2, -0.15) is 4.31 Å². The summed E-state index contributed by atoms with van der Waals surface area (Å²) in [7, 11) is -1.54. The van der Waals surface area contributed by atoms with E-state index >= 15 is 0 Å². The molecule has 4 rings (SSSR count). The minimum Gasteiger partial charge on any atom is -0.494 e. The van der Waals surface area contributed by atoms with Gasteiger partial charge in [-0.3, -0.25) is 0 Å². The third kappa shape index (κ3) is 4.20. The van der Waals surface area contributed by atoms with E-state index in [9.17, 15) is 8.42 Å². The Labute approximate surface area is 177 Å². The van der Waals surface area contributed by atoms with E-state index in [1.165, 1.54) is 0 Å². The lowest BCUT2D eigenvalue weighted by Gasteiger charge is -2.17. The van der Waals surface area contributed by atoms with Crippen molar-refractivity contribution in [1.82, 2.24) is 18.8 Å². The van der Waals surface area contributed by atoms with Gasteiger partial charge in [0.1, 0.15) is 17.1 Å². The predicted molar refractivity (Wildman–Crippen MR) is 116 cm³/mol. The van der Waals surface area contributed by atoms with Gasteiger partial charge >= 0.3 is 0 Å². The number of aromatic nitrogens is 3. The fourth-order valence-corrected chi connectivity index (χ4v) is 5.42. The molecule has 1 aliphatic heterocycles. The molecule has 7 nitrogen and oxygen atoms in total. The molecule has 3 heterocycles. The van der Waals surface area contributed by atoms with Crippen LogP contribution >= 0.6 is 0 Å². The van der Waals surface area contributed by atoms with Crippen LogP contribution in [-0.4, -0.2) is 47.0 Å². The van der Waals surface area contributed by atoms with Crippen molar-refractivity contribution in [2.24, 2.45) is 13.0 Å². The highest BCUT2D eigenvalue weighted by Crippen LogP contribution is 2.28. The summed E-state index contributed by atoms with van der Waals surface area (Å²) in [5, 5.41) is 0. The van der Waals surface area contributed by atoms with Crippen LogP contribution in [0.4, 0.5) is 0 Å². The molecule has 1 saturated heterocycles. The average molecular weight is 429 g/mol. The number of hydrogen-bond acceptors (Lipinski definition) is 5. The minimum atomic E-state index is -3.50. The molecule has 0 amide bonds. The van der Waals surface area contributed by atoms with E-state index in [1.54, 1.807) is 34.8 Å². The van der Waals surface area contributed by atoms with Gasteiger partial charge < -0.3 is 9.30 Å². The van der Waals surface area contributed by atoms with Crippen LogP contribution in [0.5, 0.6) is 5.75 Å². The van der Waals surface area contributed by atoms with Crippen molar-refractivity contribution >= 4 is 21.2 Å². The molecule has 1 aromatic carbocycles. The summed E-state index contributed by atoms with van der Waals surface area (Å²) >= 11 is 0. The molecule has 1 atom stereocenters. The lowest BCUT2D eigenvalue weighted by molar-refractivity contribution is 0.309.